The van der Waals surface area contributed by atoms with Crippen molar-refractivity contribution in [3.05, 3.63) is 0 Å². The van der Waals surface area contributed by atoms with Crippen molar-refractivity contribution < 1.29 is 9.59 Å². The second-order valence-electron chi connectivity index (χ2n) is 4.68. The van der Waals surface area contributed by atoms with E-state index < -0.39 is 0 Å². The number of hydrogen-bond donors (Lipinski definition) is 2. The van der Waals surface area contributed by atoms with Gasteiger partial charge in [-0.3, -0.25) is 9.59 Å². The van der Waals surface area contributed by atoms with Crippen molar-refractivity contribution >= 4 is 11.8 Å². The number of carbonyl (C=O) groups excluding carboxylic acids is 2. The molecule has 1 aliphatic rings. The Morgan fingerprint density at radius 2 is 2.19 bits per heavy atom. The maximum Gasteiger partial charge on any atom is 0.239 e. The summed E-state index contributed by atoms with van der Waals surface area (Å²) in [5.74, 6) is -0.0912. The number of nitrogens with zero attached hydrogens (tertiary/aromatic N) is 1. The molecule has 1 atom stereocenters. The molecule has 16 heavy (non-hydrogen) atoms. The van der Waals surface area contributed by atoms with Gasteiger partial charge in [0, 0.05) is 20.6 Å². The van der Waals surface area contributed by atoms with E-state index in [-0.39, 0.29) is 23.8 Å². The highest BCUT2D eigenvalue weighted by atomic mass is 16.2. The van der Waals surface area contributed by atoms with E-state index in [2.05, 4.69) is 10.6 Å². The molecule has 1 unspecified atom stereocenters. The molecule has 0 radical (unpaired) electrons. The maximum atomic E-state index is 12.2. The van der Waals surface area contributed by atoms with Gasteiger partial charge in [-0.2, -0.15) is 0 Å². The summed E-state index contributed by atoms with van der Waals surface area (Å²) in [6.45, 7) is 3.76. The highest BCUT2D eigenvalue weighted by Crippen LogP contribution is 2.27. The summed E-state index contributed by atoms with van der Waals surface area (Å²) in [4.78, 5) is 24.9. The van der Waals surface area contributed by atoms with Crippen LogP contribution in [0.2, 0.25) is 0 Å². The zero-order valence-electron chi connectivity index (χ0n) is 10.3. The normalized spacial score (nSPS) is 24.9. The quantitative estimate of drug-likeness (QED) is 0.688. The fourth-order valence-electron chi connectivity index (χ4n) is 2.07. The van der Waals surface area contributed by atoms with Gasteiger partial charge in [-0.05, 0) is 26.3 Å². The minimum Gasteiger partial charge on any atom is -0.358 e. The molecule has 0 aromatic carbocycles. The van der Waals surface area contributed by atoms with Gasteiger partial charge >= 0.3 is 0 Å². The van der Waals surface area contributed by atoms with Crippen LogP contribution in [-0.4, -0.2) is 50.4 Å². The lowest BCUT2D eigenvalue weighted by atomic mass is 9.81. The van der Waals surface area contributed by atoms with Crippen LogP contribution in [0.15, 0.2) is 0 Å². The third kappa shape index (κ3) is 2.95. The molecule has 0 spiro atoms. The van der Waals surface area contributed by atoms with Gasteiger partial charge in [0.05, 0.1) is 12.0 Å². The molecule has 5 heteroatoms. The van der Waals surface area contributed by atoms with Crippen LogP contribution in [0.5, 0.6) is 0 Å². The average molecular weight is 227 g/mol. The van der Waals surface area contributed by atoms with Gasteiger partial charge in [-0.25, -0.2) is 0 Å². The van der Waals surface area contributed by atoms with E-state index >= 15 is 0 Å². The molecule has 1 aliphatic heterocycles. The van der Waals surface area contributed by atoms with Crippen molar-refractivity contribution in [1.82, 2.24) is 15.5 Å². The van der Waals surface area contributed by atoms with Crippen LogP contribution in [0.1, 0.15) is 19.8 Å². The Morgan fingerprint density at radius 3 is 2.69 bits per heavy atom. The predicted octanol–water partition coefficient (Wildman–Crippen LogP) is -0.419. The Balaban J connectivity index is 2.58. The summed E-state index contributed by atoms with van der Waals surface area (Å²) in [5.41, 5.74) is -0.360. The van der Waals surface area contributed by atoms with Gasteiger partial charge in [-0.1, -0.05) is 0 Å². The summed E-state index contributed by atoms with van der Waals surface area (Å²) in [7, 11) is 3.25. The topological polar surface area (TPSA) is 61.4 Å². The molecular weight excluding hydrogens is 206 g/mol. The third-order valence-electron chi connectivity index (χ3n) is 3.12. The highest BCUT2D eigenvalue weighted by Gasteiger charge is 2.36. The molecule has 1 saturated heterocycles. The van der Waals surface area contributed by atoms with Gasteiger partial charge in [0.1, 0.15) is 0 Å². The van der Waals surface area contributed by atoms with Crippen LogP contribution in [0, 0.1) is 5.41 Å². The number of piperidine rings is 1. The second-order valence-corrected chi connectivity index (χ2v) is 4.68. The number of hydrogen-bond acceptors (Lipinski definition) is 3. The smallest absolute Gasteiger partial charge is 0.239 e. The summed E-state index contributed by atoms with van der Waals surface area (Å²) in [5, 5.41) is 5.75. The minimum absolute atomic E-state index is 0.0447. The molecule has 2 N–H and O–H groups in total. The summed E-state index contributed by atoms with van der Waals surface area (Å²) in [6, 6.07) is 0. The fourth-order valence-corrected chi connectivity index (χ4v) is 2.07. The van der Waals surface area contributed by atoms with E-state index in [9.17, 15) is 9.59 Å². The largest absolute Gasteiger partial charge is 0.358 e. The van der Waals surface area contributed by atoms with E-state index in [4.69, 9.17) is 0 Å². The van der Waals surface area contributed by atoms with E-state index in [1.54, 1.807) is 14.1 Å². The average Bonchev–Trinajstić information content (AvgIpc) is 2.28. The number of carbonyl (C=O) groups is 2. The van der Waals surface area contributed by atoms with Crippen molar-refractivity contribution in [2.75, 3.05) is 33.7 Å². The first-order valence-electron chi connectivity index (χ1n) is 5.66. The second kappa shape index (κ2) is 5.30. The van der Waals surface area contributed by atoms with Crippen LogP contribution in [-0.2, 0) is 9.59 Å². The van der Waals surface area contributed by atoms with Crippen LogP contribution in [0.4, 0.5) is 0 Å². The Bertz CT molecular complexity index is 272. The van der Waals surface area contributed by atoms with E-state index in [1.165, 1.54) is 4.90 Å². The molecule has 1 heterocycles. The van der Waals surface area contributed by atoms with Crippen molar-refractivity contribution in [3.8, 4) is 0 Å². The number of rotatable bonds is 3. The molecular formula is C11H21N3O2. The molecule has 0 aromatic heterocycles. The van der Waals surface area contributed by atoms with Gasteiger partial charge in [0.15, 0.2) is 0 Å². The van der Waals surface area contributed by atoms with Gasteiger partial charge in [-0.15, -0.1) is 0 Å². The van der Waals surface area contributed by atoms with Crippen molar-refractivity contribution in [1.29, 1.82) is 0 Å². The number of amides is 2. The fraction of sp³-hybridized carbons (Fsp3) is 0.818. The first-order chi connectivity index (χ1) is 7.49. The molecule has 2 amide bonds. The molecule has 1 fully saturated rings. The molecule has 1 rings (SSSR count). The minimum atomic E-state index is -0.360. The SMILES string of the molecule is CNC(=O)CN(C)C(=O)C1(C)CCCNC1. The number of likely N-dealkylation sites (N-methyl/N-ethyl adjacent to an activating group) is 2. The first kappa shape index (κ1) is 13.0. The van der Waals surface area contributed by atoms with E-state index in [1.807, 2.05) is 6.92 Å². The van der Waals surface area contributed by atoms with Gasteiger partial charge in [0.2, 0.25) is 11.8 Å². The third-order valence-corrected chi connectivity index (χ3v) is 3.12. The zero-order valence-corrected chi connectivity index (χ0v) is 10.3. The highest BCUT2D eigenvalue weighted by molar-refractivity contribution is 5.87. The summed E-state index contributed by atoms with van der Waals surface area (Å²) in [6.07, 6.45) is 1.90. The molecule has 0 bridgehead atoms. The van der Waals surface area contributed by atoms with Crippen molar-refractivity contribution in [2.45, 2.75) is 19.8 Å². The van der Waals surface area contributed by atoms with E-state index in [0.29, 0.717) is 6.54 Å². The first-order valence-corrected chi connectivity index (χ1v) is 5.66. The van der Waals surface area contributed by atoms with Gasteiger partial charge in [0.25, 0.3) is 0 Å². The maximum absolute atomic E-state index is 12.2. The summed E-state index contributed by atoms with van der Waals surface area (Å²) < 4.78 is 0. The Morgan fingerprint density at radius 1 is 1.50 bits per heavy atom. The van der Waals surface area contributed by atoms with Crippen molar-refractivity contribution in [2.24, 2.45) is 5.41 Å². The summed E-state index contributed by atoms with van der Waals surface area (Å²) >= 11 is 0. The monoisotopic (exact) mass is 227 g/mol. The lowest BCUT2D eigenvalue weighted by molar-refractivity contribution is -0.143. The Labute approximate surface area is 96.6 Å². The molecule has 0 saturated carbocycles. The zero-order chi connectivity index (χ0) is 12.2. The van der Waals surface area contributed by atoms with Crippen LogP contribution >= 0.6 is 0 Å². The standard InChI is InChI=1S/C11H21N3O2/c1-11(5-4-6-13-8-11)10(16)14(3)7-9(15)12-2/h13H,4-8H2,1-3H3,(H,12,15). The number of nitrogens with one attached hydrogen (secondary N) is 2. The van der Waals surface area contributed by atoms with Crippen molar-refractivity contribution in [3.63, 3.8) is 0 Å². The van der Waals surface area contributed by atoms with E-state index in [0.717, 1.165) is 19.4 Å². The predicted molar refractivity (Wildman–Crippen MR) is 61.9 cm³/mol. The molecule has 0 aromatic rings. The van der Waals surface area contributed by atoms with Crippen LogP contribution < -0.4 is 10.6 Å². The van der Waals surface area contributed by atoms with Crippen LogP contribution in [0.25, 0.3) is 0 Å². The molecule has 92 valence electrons. The van der Waals surface area contributed by atoms with Gasteiger partial charge < -0.3 is 15.5 Å². The molecule has 0 aliphatic carbocycles. The molecule has 5 nitrogen and oxygen atoms in total. The lowest BCUT2D eigenvalue weighted by Crippen LogP contribution is -2.50. The van der Waals surface area contributed by atoms with Crippen LogP contribution in [0.3, 0.4) is 0 Å². The Hall–Kier alpha value is -1.10. The Kier molecular flexibility index (Phi) is 4.29. The lowest BCUT2D eigenvalue weighted by Gasteiger charge is -2.35.